The zero-order chi connectivity index (χ0) is 11.9. The van der Waals surface area contributed by atoms with Crippen LogP contribution >= 0.6 is 11.8 Å². The first-order chi connectivity index (χ1) is 8.40. The number of hydrogen-bond acceptors (Lipinski definition) is 5. The van der Waals surface area contributed by atoms with Crippen LogP contribution in [0.4, 0.5) is 0 Å². The summed E-state index contributed by atoms with van der Waals surface area (Å²) in [7, 11) is 0. The summed E-state index contributed by atoms with van der Waals surface area (Å²) in [5.74, 6) is 0. The Morgan fingerprint density at radius 1 is 1.53 bits per heavy atom. The fourth-order valence-electron chi connectivity index (χ4n) is 1.89. The number of ether oxygens (including phenoxy) is 1. The topological polar surface area (TPSA) is 47.0 Å². The SMILES string of the molecule is CCCNC1CCOCC1Sc1cnccn1. The van der Waals surface area contributed by atoms with Gasteiger partial charge in [0.25, 0.3) is 0 Å². The highest BCUT2D eigenvalue weighted by Crippen LogP contribution is 2.26. The molecule has 1 aromatic heterocycles. The van der Waals surface area contributed by atoms with Crippen LogP contribution in [-0.4, -0.2) is 41.0 Å². The molecular formula is C12H19N3OS. The molecule has 1 aliphatic heterocycles. The number of aromatic nitrogens is 2. The van der Waals surface area contributed by atoms with Crippen molar-refractivity contribution in [3.05, 3.63) is 18.6 Å². The van der Waals surface area contributed by atoms with Gasteiger partial charge in [-0.3, -0.25) is 4.98 Å². The molecule has 1 saturated heterocycles. The number of rotatable bonds is 5. The molecule has 2 heterocycles. The molecule has 2 atom stereocenters. The third-order valence-corrected chi connectivity index (χ3v) is 3.99. The first-order valence-electron chi connectivity index (χ1n) is 6.14. The lowest BCUT2D eigenvalue weighted by molar-refractivity contribution is 0.0833. The van der Waals surface area contributed by atoms with Gasteiger partial charge >= 0.3 is 0 Å². The fourth-order valence-corrected chi connectivity index (χ4v) is 3.01. The lowest BCUT2D eigenvalue weighted by Gasteiger charge is -2.31. The first kappa shape index (κ1) is 12.8. The minimum absolute atomic E-state index is 0.437. The van der Waals surface area contributed by atoms with E-state index in [4.69, 9.17) is 4.74 Å². The van der Waals surface area contributed by atoms with Crippen molar-refractivity contribution < 1.29 is 4.74 Å². The lowest BCUT2D eigenvalue weighted by atomic mass is 10.1. The van der Waals surface area contributed by atoms with E-state index in [0.29, 0.717) is 11.3 Å². The van der Waals surface area contributed by atoms with Gasteiger partial charge in [0.1, 0.15) is 5.03 Å². The molecule has 0 bridgehead atoms. The summed E-state index contributed by atoms with van der Waals surface area (Å²) < 4.78 is 5.56. The third kappa shape index (κ3) is 3.94. The van der Waals surface area contributed by atoms with Crippen LogP contribution in [0.3, 0.4) is 0 Å². The van der Waals surface area contributed by atoms with Crippen LogP contribution < -0.4 is 5.32 Å². The zero-order valence-corrected chi connectivity index (χ0v) is 10.9. The van der Waals surface area contributed by atoms with Crippen molar-refractivity contribution in [1.29, 1.82) is 0 Å². The van der Waals surface area contributed by atoms with Gasteiger partial charge in [0, 0.05) is 30.3 Å². The zero-order valence-electron chi connectivity index (χ0n) is 10.1. The van der Waals surface area contributed by atoms with Crippen LogP contribution in [0, 0.1) is 0 Å². The van der Waals surface area contributed by atoms with Crippen LogP contribution in [0.2, 0.25) is 0 Å². The van der Waals surface area contributed by atoms with E-state index in [-0.39, 0.29) is 0 Å². The van der Waals surface area contributed by atoms with Crippen molar-refractivity contribution in [3.63, 3.8) is 0 Å². The van der Waals surface area contributed by atoms with E-state index in [9.17, 15) is 0 Å². The van der Waals surface area contributed by atoms with E-state index in [1.165, 1.54) is 6.42 Å². The molecule has 17 heavy (non-hydrogen) atoms. The van der Waals surface area contributed by atoms with Crippen LogP contribution in [0.5, 0.6) is 0 Å². The summed E-state index contributed by atoms with van der Waals surface area (Å²) in [6, 6.07) is 0.524. The smallest absolute Gasteiger partial charge is 0.115 e. The van der Waals surface area contributed by atoms with Crippen LogP contribution in [-0.2, 0) is 4.74 Å². The highest BCUT2D eigenvalue weighted by atomic mass is 32.2. The summed E-state index contributed by atoms with van der Waals surface area (Å²) in [5, 5.41) is 5.01. The van der Waals surface area contributed by atoms with E-state index in [2.05, 4.69) is 22.2 Å². The molecule has 1 aliphatic rings. The lowest BCUT2D eigenvalue weighted by Crippen LogP contribution is -2.45. The van der Waals surface area contributed by atoms with Crippen molar-refractivity contribution in [2.24, 2.45) is 0 Å². The highest BCUT2D eigenvalue weighted by molar-refractivity contribution is 7.99. The van der Waals surface area contributed by atoms with Gasteiger partial charge < -0.3 is 10.1 Å². The summed E-state index contributed by atoms with van der Waals surface area (Å²) in [6.45, 7) is 4.92. The third-order valence-electron chi connectivity index (χ3n) is 2.77. The quantitative estimate of drug-likeness (QED) is 0.866. The molecule has 0 radical (unpaired) electrons. The summed E-state index contributed by atoms with van der Waals surface area (Å²) in [6.07, 6.45) is 7.50. The second-order valence-electron chi connectivity index (χ2n) is 4.12. The van der Waals surface area contributed by atoms with E-state index in [1.807, 2.05) is 6.20 Å². The van der Waals surface area contributed by atoms with Gasteiger partial charge in [-0.1, -0.05) is 18.7 Å². The van der Waals surface area contributed by atoms with Gasteiger partial charge in [0.15, 0.2) is 0 Å². The maximum absolute atomic E-state index is 5.56. The largest absolute Gasteiger partial charge is 0.380 e. The van der Waals surface area contributed by atoms with E-state index in [0.717, 1.165) is 31.2 Å². The van der Waals surface area contributed by atoms with E-state index >= 15 is 0 Å². The van der Waals surface area contributed by atoms with Crippen molar-refractivity contribution in [2.75, 3.05) is 19.8 Å². The molecule has 1 N–H and O–H groups in total. The predicted molar refractivity (Wildman–Crippen MR) is 69.2 cm³/mol. The van der Waals surface area contributed by atoms with Gasteiger partial charge in [-0.05, 0) is 19.4 Å². The minimum atomic E-state index is 0.437. The maximum Gasteiger partial charge on any atom is 0.115 e. The van der Waals surface area contributed by atoms with Crippen molar-refractivity contribution in [3.8, 4) is 0 Å². The van der Waals surface area contributed by atoms with Crippen LogP contribution in [0.25, 0.3) is 0 Å². The number of nitrogens with zero attached hydrogens (tertiary/aromatic N) is 2. The van der Waals surface area contributed by atoms with E-state index < -0.39 is 0 Å². The molecule has 2 unspecified atom stereocenters. The molecule has 0 spiro atoms. The van der Waals surface area contributed by atoms with Crippen molar-refractivity contribution in [1.82, 2.24) is 15.3 Å². The molecule has 0 amide bonds. The molecule has 0 aromatic carbocycles. The molecule has 4 nitrogen and oxygen atoms in total. The molecule has 0 saturated carbocycles. The van der Waals surface area contributed by atoms with Crippen LogP contribution in [0.15, 0.2) is 23.6 Å². The van der Waals surface area contributed by atoms with Gasteiger partial charge in [0.2, 0.25) is 0 Å². The Labute approximate surface area is 107 Å². The predicted octanol–water partition coefficient (Wildman–Crippen LogP) is 1.73. The standard InChI is InChI=1S/C12H19N3OS/c1-2-4-14-10-3-7-16-9-11(10)17-12-8-13-5-6-15-12/h5-6,8,10-11,14H,2-4,7,9H2,1H3. The number of hydrogen-bond donors (Lipinski definition) is 1. The normalized spacial score (nSPS) is 24.8. The molecule has 1 fully saturated rings. The monoisotopic (exact) mass is 253 g/mol. The molecule has 1 aromatic rings. The molecule has 0 aliphatic carbocycles. The summed E-state index contributed by atoms with van der Waals surface area (Å²) in [5.41, 5.74) is 0. The molecule has 2 rings (SSSR count). The van der Waals surface area contributed by atoms with Gasteiger partial charge in [-0.2, -0.15) is 0 Å². The second-order valence-corrected chi connectivity index (χ2v) is 5.38. The average Bonchev–Trinajstić information content (AvgIpc) is 2.39. The molecule has 94 valence electrons. The highest BCUT2D eigenvalue weighted by Gasteiger charge is 2.26. The Morgan fingerprint density at radius 3 is 3.24 bits per heavy atom. The Morgan fingerprint density at radius 2 is 2.47 bits per heavy atom. The van der Waals surface area contributed by atoms with Gasteiger partial charge in [-0.25, -0.2) is 4.98 Å². The van der Waals surface area contributed by atoms with Crippen LogP contribution in [0.1, 0.15) is 19.8 Å². The average molecular weight is 253 g/mol. The van der Waals surface area contributed by atoms with Crippen molar-refractivity contribution in [2.45, 2.75) is 36.1 Å². The fraction of sp³-hybridized carbons (Fsp3) is 0.667. The first-order valence-corrected chi connectivity index (χ1v) is 7.02. The Kier molecular flexibility index (Phi) is 5.22. The Balaban J connectivity index is 1.92. The van der Waals surface area contributed by atoms with Gasteiger partial charge in [0.05, 0.1) is 12.8 Å². The summed E-state index contributed by atoms with van der Waals surface area (Å²) in [4.78, 5) is 8.40. The minimum Gasteiger partial charge on any atom is -0.380 e. The van der Waals surface area contributed by atoms with Crippen molar-refractivity contribution >= 4 is 11.8 Å². The summed E-state index contributed by atoms with van der Waals surface area (Å²) >= 11 is 1.76. The Hall–Kier alpha value is -0.650. The maximum atomic E-state index is 5.56. The number of nitrogens with one attached hydrogen (secondary N) is 1. The molecule has 5 heteroatoms. The Bertz CT molecular complexity index is 323. The second kappa shape index (κ2) is 6.93. The molecular weight excluding hydrogens is 234 g/mol. The number of thioether (sulfide) groups is 1. The van der Waals surface area contributed by atoms with Gasteiger partial charge in [-0.15, -0.1) is 0 Å². The van der Waals surface area contributed by atoms with E-state index in [1.54, 1.807) is 24.2 Å².